The van der Waals surface area contributed by atoms with Crippen LogP contribution in [0.2, 0.25) is 0 Å². The van der Waals surface area contributed by atoms with Gasteiger partial charge < -0.3 is 18.9 Å². The Bertz CT molecular complexity index is 2310. The van der Waals surface area contributed by atoms with Crippen molar-refractivity contribution in [3.05, 3.63) is 151 Å². The van der Waals surface area contributed by atoms with Crippen LogP contribution in [0.15, 0.2) is 134 Å². The molecule has 8 aromatic rings. The van der Waals surface area contributed by atoms with Crippen LogP contribution in [-0.2, 0) is 0 Å². The molecule has 0 aliphatic rings. The van der Waals surface area contributed by atoms with Crippen molar-refractivity contribution in [2.24, 2.45) is 0 Å². The zero-order valence-electron chi connectivity index (χ0n) is 27.6. The van der Waals surface area contributed by atoms with Gasteiger partial charge in [-0.25, -0.2) is 19.9 Å². The minimum atomic E-state index is 0.508. The second kappa shape index (κ2) is 13.0. The lowest BCUT2D eigenvalue weighted by atomic mass is 10.1. The molecule has 0 spiro atoms. The van der Waals surface area contributed by atoms with Gasteiger partial charge in [-0.2, -0.15) is 0 Å². The summed E-state index contributed by atoms with van der Waals surface area (Å²) >= 11 is 0. The first kappa shape index (κ1) is 30.6. The first-order valence-corrected chi connectivity index (χ1v) is 16.1. The molecule has 0 bridgehead atoms. The molecule has 0 aliphatic carbocycles. The van der Waals surface area contributed by atoms with Crippen molar-refractivity contribution in [2.75, 3.05) is 0 Å². The van der Waals surface area contributed by atoms with Gasteiger partial charge in [0.2, 0.25) is 17.7 Å². The van der Waals surface area contributed by atoms with E-state index in [-0.39, 0.29) is 0 Å². The predicted octanol–water partition coefficient (Wildman–Crippen LogP) is 10.5. The molecule has 0 amide bonds. The maximum atomic E-state index is 6.38. The summed E-state index contributed by atoms with van der Waals surface area (Å²) in [7, 11) is 0. The lowest BCUT2D eigenvalue weighted by molar-refractivity contribution is 0.448. The number of nitrogens with zero attached hydrogens (tertiary/aromatic N) is 5. The molecule has 0 N–H and O–H groups in total. The van der Waals surface area contributed by atoms with Crippen LogP contribution in [0.5, 0.6) is 46.3 Å². The molecule has 8 rings (SSSR count). The molecule has 0 unspecified atom stereocenters. The molecular formula is C41H31N5O4. The molecule has 9 nitrogen and oxygen atoms in total. The average Bonchev–Trinajstić information content (AvgIpc) is 3.44. The number of pyridine rings is 2. The van der Waals surface area contributed by atoms with E-state index in [0.29, 0.717) is 52.2 Å². The molecular weight excluding hydrogens is 626 g/mol. The molecule has 0 aliphatic heterocycles. The summed E-state index contributed by atoms with van der Waals surface area (Å²) < 4.78 is 26.7. The molecule has 4 aromatic heterocycles. The molecule has 0 saturated carbocycles. The second-order valence-corrected chi connectivity index (χ2v) is 11.7. The lowest BCUT2D eigenvalue weighted by Crippen LogP contribution is -2.06. The molecule has 9 heteroatoms. The Morgan fingerprint density at radius 1 is 0.440 bits per heavy atom. The van der Waals surface area contributed by atoms with Crippen molar-refractivity contribution >= 4 is 21.8 Å². The van der Waals surface area contributed by atoms with Crippen LogP contribution in [0, 0.1) is 20.8 Å². The summed E-state index contributed by atoms with van der Waals surface area (Å²) in [5, 5.41) is 2.05. The topological polar surface area (TPSA) is 93.4 Å². The Morgan fingerprint density at radius 3 is 1.32 bits per heavy atom. The highest BCUT2D eigenvalue weighted by atomic mass is 16.5. The van der Waals surface area contributed by atoms with Crippen LogP contribution < -0.4 is 18.9 Å². The SMILES string of the molecule is Cc1nc(-n2c3cc(Oc4cccc(Oc5ccccn5)c4)ccc3c3ccc(Oc4cccc(Oc5ccccn5)c4)cc32)nc(C)c1C. The first-order chi connectivity index (χ1) is 24.5. The number of fused-ring (bicyclic) bond motifs is 3. The quantitative estimate of drug-likeness (QED) is 0.151. The number of aromatic nitrogens is 5. The molecule has 4 heterocycles. The Kier molecular flexibility index (Phi) is 7.98. The van der Waals surface area contributed by atoms with E-state index in [9.17, 15) is 0 Å². The van der Waals surface area contributed by atoms with Crippen molar-refractivity contribution in [2.45, 2.75) is 20.8 Å². The number of rotatable bonds is 9. The minimum Gasteiger partial charge on any atom is -0.457 e. The van der Waals surface area contributed by atoms with Crippen LogP contribution in [-0.4, -0.2) is 24.5 Å². The van der Waals surface area contributed by atoms with E-state index in [0.717, 1.165) is 38.8 Å². The van der Waals surface area contributed by atoms with E-state index in [2.05, 4.69) is 26.7 Å². The third kappa shape index (κ3) is 6.27. The van der Waals surface area contributed by atoms with E-state index in [1.807, 2.05) is 130 Å². The first-order valence-electron chi connectivity index (χ1n) is 16.1. The summed E-state index contributed by atoms with van der Waals surface area (Å²) in [5.74, 6) is 5.38. The van der Waals surface area contributed by atoms with Crippen molar-refractivity contribution < 1.29 is 18.9 Å². The highest BCUT2D eigenvalue weighted by Crippen LogP contribution is 2.38. The summed E-state index contributed by atoms with van der Waals surface area (Å²) in [6.07, 6.45) is 3.38. The second-order valence-electron chi connectivity index (χ2n) is 11.7. The average molecular weight is 658 g/mol. The van der Waals surface area contributed by atoms with Crippen LogP contribution in [0.4, 0.5) is 0 Å². The van der Waals surface area contributed by atoms with Gasteiger partial charge in [-0.15, -0.1) is 0 Å². The predicted molar refractivity (Wildman–Crippen MR) is 192 cm³/mol. The van der Waals surface area contributed by atoms with E-state index < -0.39 is 0 Å². The summed E-state index contributed by atoms with van der Waals surface area (Å²) in [6, 6.07) is 38.1. The zero-order valence-corrected chi connectivity index (χ0v) is 27.6. The van der Waals surface area contributed by atoms with Crippen LogP contribution in [0.25, 0.3) is 27.8 Å². The van der Waals surface area contributed by atoms with Crippen LogP contribution >= 0.6 is 0 Å². The number of hydrogen-bond donors (Lipinski definition) is 0. The third-order valence-corrected chi connectivity index (χ3v) is 8.33. The minimum absolute atomic E-state index is 0.508. The van der Waals surface area contributed by atoms with Gasteiger partial charge in [-0.05, 0) is 87.0 Å². The van der Waals surface area contributed by atoms with Crippen LogP contribution in [0.3, 0.4) is 0 Å². The van der Waals surface area contributed by atoms with E-state index >= 15 is 0 Å². The Hall–Kier alpha value is -6.74. The number of aryl methyl sites for hydroxylation is 2. The van der Waals surface area contributed by atoms with Gasteiger partial charge in [0.1, 0.15) is 34.5 Å². The van der Waals surface area contributed by atoms with Crippen molar-refractivity contribution in [1.29, 1.82) is 0 Å². The van der Waals surface area contributed by atoms with Gasteiger partial charge in [0.15, 0.2) is 0 Å². The van der Waals surface area contributed by atoms with Gasteiger partial charge >= 0.3 is 0 Å². The number of ether oxygens (including phenoxy) is 4. The Balaban J connectivity index is 1.17. The lowest BCUT2D eigenvalue weighted by Gasteiger charge is -2.12. The molecule has 50 heavy (non-hydrogen) atoms. The fraction of sp³-hybridized carbons (Fsp3) is 0.0732. The molecule has 0 atom stereocenters. The number of hydrogen-bond acceptors (Lipinski definition) is 8. The molecule has 244 valence electrons. The summed E-state index contributed by atoms with van der Waals surface area (Å²) in [6.45, 7) is 6.05. The smallest absolute Gasteiger partial charge is 0.235 e. The molecule has 0 fully saturated rings. The molecule has 4 aromatic carbocycles. The van der Waals surface area contributed by atoms with Gasteiger partial charge in [0.05, 0.1) is 11.0 Å². The van der Waals surface area contributed by atoms with Crippen molar-refractivity contribution in [3.63, 3.8) is 0 Å². The Labute approximate surface area is 288 Å². The highest BCUT2D eigenvalue weighted by molar-refractivity contribution is 6.09. The van der Waals surface area contributed by atoms with Gasteiger partial charge in [0.25, 0.3) is 0 Å². The fourth-order valence-electron chi connectivity index (χ4n) is 5.71. The van der Waals surface area contributed by atoms with Crippen molar-refractivity contribution in [1.82, 2.24) is 24.5 Å². The van der Waals surface area contributed by atoms with Gasteiger partial charge in [0, 0.05) is 71.0 Å². The largest absolute Gasteiger partial charge is 0.457 e. The standard InChI is InChI=1S/C41H31N5O4/c1-26-27(2)44-41(45-28(26)3)46-37-24-33(47-29-10-8-12-31(22-29)49-39-14-4-6-20-42-39)16-18-35(37)36-19-17-34(25-38(36)46)48-30-11-9-13-32(23-30)50-40-15-5-7-21-43-40/h4-25H,1-3H3. The number of benzene rings is 4. The third-order valence-electron chi connectivity index (χ3n) is 8.33. The monoisotopic (exact) mass is 657 g/mol. The highest BCUT2D eigenvalue weighted by Gasteiger charge is 2.18. The van der Waals surface area contributed by atoms with Gasteiger partial charge in [-0.3, -0.25) is 4.57 Å². The summed E-state index contributed by atoms with van der Waals surface area (Å²) in [4.78, 5) is 18.4. The van der Waals surface area contributed by atoms with Gasteiger partial charge in [-0.1, -0.05) is 24.3 Å². The molecule has 0 radical (unpaired) electrons. The van der Waals surface area contributed by atoms with E-state index in [1.54, 1.807) is 12.4 Å². The maximum absolute atomic E-state index is 6.38. The van der Waals surface area contributed by atoms with E-state index in [4.69, 9.17) is 28.9 Å². The Morgan fingerprint density at radius 2 is 0.880 bits per heavy atom. The van der Waals surface area contributed by atoms with E-state index in [1.165, 1.54) is 0 Å². The van der Waals surface area contributed by atoms with Crippen molar-refractivity contribution in [3.8, 4) is 52.2 Å². The zero-order chi connectivity index (χ0) is 34.0. The normalized spacial score (nSPS) is 11.1. The molecule has 0 saturated heterocycles. The maximum Gasteiger partial charge on any atom is 0.235 e. The summed E-state index contributed by atoms with van der Waals surface area (Å²) in [5.41, 5.74) is 4.67. The fourth-order valence-corrected chi connectivity index (χ4v) is 5.71. The van der Waals surface area contributed by atoms with Crippen LogP contribution in [0.1, 0.15) is 17.0 Å².